The molecule has 1 aromatic heterocycles. The number of thiocarbonyl (C=S) groups is 1. The summed E-state index contributed by atoms with van der Waals surface area (Å²) in [5, 5.41) is 10.5. The molecule has 2 fully saturated rings. The molecule has 4 unspecified atom stereocenters. The number of hydrogen-bond acceptors (Lipinski definition) is 6. The molecule has 0 aliphatic carbocycles. The first-order valence-corrected chi connectivity index (χ1v) is 10.3. The Morgan fingerprint density at radius 1 is 1.03 bits per heavy atom. The van der Waals surface area contributed by atoms with Crippen molar-refractivity contribution >= 4 is 29.0 Å². The van der Waals surface area contributed by atoms with Gasteiger partial charge in [0.15, 0.2) is 5.11 Å². The normalized spacial score (nSPS) is 26.0. The van der Waals surface area contributed by atoms with Gasteiger partial charge in [-0.3, -0.25) is 0 Å². The Morgan fingerprint density at radius 3 is 2.45 bits per heavy atom. The zero-order chi connectivity index (χ0) is 20.4. The monoisotopic (exact) mass is 413 g/mol. The average Bonchev–Trinajstić information content (AvgIpc) is 3.26. The molecule has 1 aromatic carbocycles. The van der Waals surface area contributed by atoms with E-state index in [2.05, 4.69) is 46.7 Å². The van der Waals surface area contributed by atoms with Gasteiger partial charge in [-0.1, -0.05) is 39.0 Å². The van der Waals surface area contributed by atoms with Crippen molar-refractivity contribution < 1.29 is 9.47 Å². The van der Waals surface area contributed by atoms with Gasteiger partial charge in [0.2, 0.25) is 5.95 Å². The zero-order valence-electron chi connectivity index (χ0n) is 16.9. The quantitative estimate of drug-likeness (QED) is 0.661. The minimum absolute atomic E-state index is 0.00216. The summed E-state index contributed by atoms with van der Waals surface area (Å²) in [7, 11) is 0. The fourth-order valence-corrected chi connectivity index (χ4v) is 3.88. The summed E-state index contributed by atoms with van der Waals surface area (Å²) in [6.07, 6.45) is 1.64. The lowest BCUT2D eigenvalue weighted by Gasteiger charge is -2.21. The van der Waals surface area contributed by atoms with E-state index in [4.69, 9.17) is 21.7 Å². The number of rotatable bonds is 4. The largest absolute Gasteiger partial charge is 0.371 e. The van der Waals surface area contributed by atoms with E-state index in [0.29, 0.717) is 24.3 Å². The maximum Gasteiger partial charge on any atom is 0.223 e. The molecule has 0 radical (unpaired) electrons. The average molecular weight is 414 g/mol. The number of anilines is 2. The molecule has 4 rings (SSSR count). The number of ether oxygens (including phenoxy) is 2. The van der Waals surface area contributed by atoms with Crippen molar-refractivity contribution in [2.75, 3.05) is 23.8 Å². The predicted octanol–water partition coefficient (Wildman–Crippen LogP) is 2.71. The zero-order valence-corrected chi connectivity index (χ0v) is 17.7. The van der Waals surface area contributed by atoms with Crippen LogP contribution < -0.4 is 16.0 Å². The van der Waals surface area contributed by atoms with E-state index in [1.165, 1.54) is 0 Å². The molecular formula is C21H27N5O2S. The Morgan fingerprint density at radius 2 is 1.72 bits per heavy atom. The molecule has 0 bridgehead atoms. The van der Waals surface area contributed by atoms with Crippen molar-refractivity contribution in [1.29, 1.82) is 0 Å². The summed E-state index contributed by atoms with van der Waals surface area (Å²) < 4.78 is 12.1. The third-order valence-corrected chi connectivity index (χ3v) is 5.36. The van der Waals surface area contributed by atoms with Gasteiger partial charge in [0.05, 0.1) is 31.0 Å². The Bertz CT molecular complexity index is 858. The smallest absolute Gasteiger partial charge is 0.223 e. The molecule has 8 heteroatoms. The molecule has 2 aliphatic rings. The Hall–Kier alpha value is -2.29. The first-order valence-electron chi connectivity index (χ1n) is 9.86. The molecule has 0 spiro atoms. The highest BCUT2D eigenvalue weighted by atomic mass is 32.1. The summed E-state index contributed by atoms with van der Waals surface area (Å²) in [6, 6.07) is 11.8. The van der Waals surface area contributed by atoms with Crippen LogP contribution in [0.2, 0.25) is 0 Å². The molecule has 29 heavy (non-hydrogen) atoms. The second-order valence-corrected chi connectivity index (χ2v) is 8.84. The Labute approximate surface area is 176 Å². The number of nitrogens with zero attached hydrogens (tertiary/aromatic N) is 2. The van der Waals surface area contributed by atoms with Gasteiger partial charge < -0.3 is 25.4 Å². The van der Waals surface area contributed by atoms with Gasteiger partial charge in [0, 0.05) is 17.3 Å². The third-order valence-electron chi connectivity index (χ3n) is 5.14. The lowest BCUT2D eigenvalue weighted by molar-refractivity contribution is 0.0689. The second-order valence-electron chi connectivity index (χ2n) is 8.43. The first kappa shape index (κ1) is 20.0. The van der Waals surface area contributed by atoms with Crippen LogP contribution in [0, 0.1) is 0 Å². The van der Waals surface area contributed by atoms with Crippen LogP contribution in [-0.2, 0) is 14.9 Å². The summed E-state index contributed by atoms with van der Waals surface area (Å²) in [4.78, 5) is 9.02. The molecule has 4 atom stereocenters. The molecule has 3 N–H and O–H groups in total. The van der Waals surface area contributed by atoms with Crippen molar-refractivity contribution in [1.82, 2.24) is 15.3 Å². The lowest BCUT2D eigenvalue weighted by atomic mass is 9.92. The SMILES string of the molecule is CC(C)(C)c1ccnc(NC2COC3C(NC(=S)Nc4ccccc4)COC23)n1. The third kappa shape index (κ3) is 4.66. The minimum atomic E-state index is -0.0752. The van der Waals surface area contributed by atoms with E-state index in [1.54, 1.807) is 6.20 Å². The molecule has 3 heterocycles. The topological polar surface area (TPSA) is 80.3 Å². The molecule has 154 valence electrons. The van der Waals surface area contributed by atoms with Crippen molar-refractivity contribution in [3.05, 3.63) is 48.3 Å². The van der Waals surface area contributed by atoms with Crippen molar-refractivity contribution in [2.45, 2.75) is 50.5 Å². The van der Waals surface area contributed by atoms with Gasteiger partial charge >= 0.3 is 0 Å². The highest BCUT2D eigenvalue weighted by Gasteiger charge is 2.48. The van der Waals surface area contributed by atoms with E-state index in [1.807, 2.05) is 36.4 Å². The lowest BCUT2D eigenvalue weighted by Crippen LogP contribution is -2.46. The van der Waals surface area contributed by atoms with E-state index < -0.39 is 0 Å². The Kier molecular flexibility index (Phi) is 5.67. The molecule has 2 aliphatic heterocycles. The summed E-state index contributed by atoms with van der Waals surface area (Å²) in [5.74, 6) is 0.605. The van der Waals surface area contributed by atoms with E-state index >= 15 is 0 Å². The maximum absolute atomic E-state index is 6.03. The fourth-order valence-electron chi connectivity index (χ4n) is 3.62. The summed E-state index contributed by atoms with van der Waals surface area (Å²) in [6.45, 7) is 7.48. The summed E-state index contributed by atoms with van der Waals surface area (Å²) >= 11 is 5.45. The standard InChI is InChI=1S/C21H27N5O2S/c1-21(2,3)16-9-10-22-19(26-16)24-14-11-27-18-15(12-28-17(14)18)25-20(29)23-13-7-5-4-6-8-13/h4-10,14-15,17-18H,11-12H2,1-3H3,(H,22,24,26)(H2,23,25,29). The molecule has 7 nitrogen and oxygen atoms in total. The van der Waals surface area contributed by atoms with Crippen molar-refractivity contribution in [2.24, 2.45) is 0 Å². The highest BCUT2D eigenvalue weighted by molar-refractivity contribution is 7.80. The van der Waals surface area contributed by atoms with Gasteiger partial charge in [-0.2, -0.15) is 0 Å². The number of nitrogens with one attached hydrogen (secondary N) is 3. The van der Waals surface area contributed by atoms with Crippen LogP contribution in [0.4, 0.5) is 11.6 Å². The number of benzene rings is 1. The van der Waals surface area contributed by atoms with Crippen LogP contribution in [0.5, 0.6) is 0 Å². The van der Waals surface area contributed by atoms with Crippen molar-refractivity contribution in [3.63, 3.8) is 0 Å². The van der Waals surface area contributed by atoms with Gasteiger partial charge in [-0.05, 0) is 30.4 Å². The van der Waals surface area contributed by atoms with E-state index in [9.17, 15) is 0 Å². The van der Waals surface area contributed by atoms with Crippen molar-refractivity contribution in [3.8, 4) is 0 Å². The number of hydrogen-bond donors (Lipinski definition) is 3. The van der Waals surface area contributed by atoms with Gasteiger partial charge in [0.1, 0.15) is 12.2 Å². The van der Waals surface area contributed by atoms with Gasteiger partial charge in [0.25, 0.3) is 0 Å². The molecular weight excluding hydrogens is 386 g/mol. The van der Waals surface area contributed by atoms with Crippen LogP contribution in [0.25, 0.3) is 0 Å². The molecule has 2 saturated heterocycles. The van der Waals surface area contributed by atoms with Crippen LogP contribution in [0.1, 0.15) is 26.5 Å². The highest BCUT2D eigenvalue weighted by Crippen LogP contribution is 2.29. The first-order chi connectivity index (χ1) is 13.9. The molecule has 0 amide bonds. The molecule has 2 aromatic rings. The number of para-hydroxylation sites is 1. The summed E-state index contributed by atoms with van der Waals surface area (Å²) in [5.41, 5.74) is 1.91. The second kappa shape index (κ2) is 8.22. The van der Waals surface area contributed by atoms with Gasteiger partial charge in [-0.25, -0.2) is 9.97 Å². The van der Waals surface area contributed by atoms with Gasteiger partial charge in [-0.15, -0.1) is 0 Å². The van der Waals surface area contributed by atoms with Crippen LogP contribution >= 0.6 is 12.2 Å². The minimum Gasteiger partial charge on any atom is -0.371 e. The number of aromatic nitrogens is 2. The predicted molar refractivity (Wildman–Crippen MR) is 117 cm³/mol. The fraction of sp³-hybridized carbons (Fsp3) is 0.476. The van der Waals surface area contributed by atoms with Crippen LogP contribution in [0.3, 0.4) is 0 Å². The van der Waals surface area contributed by atoms with E-state index in [-0.39, 0.29) is 29.7 Å². The molecule has 0 saturated carbocycles. The number of fused-ring (bicyclic) bond motifs is 1. The van der Waals surface area contributed by atoms with Crippen LogP contribution in [-0.4, -0.2) is 52.6 Å². The Balaban J connectivity index is 1.35. The van der Waals surface area contributed by atoms with E-state index in [0.717, 1.165) is 11.4 Å². The maximum atomic E-state index is 6.03. The van der Waals surface area contributed by atoms with Crippen LogP contribution in [0.15, 0.2) is 42.6 Å².